The maximum Gasteiger partial charge on any atom is 0.253 e. The number of piperazine rings is 1. The Balaban J connectivity index is 1.50. The van der Waals surface area contributed by atoms with Crippen molar-refractivity contribution in [2.75, 3.05) is 45.9 Å². The van der Waals surface area contributed by atoms with E-state index in [2.05, 4.69) is 10.8 Å². The van der Waals surface area contributed by atoms with E-state index in [-0.39, 0.29) is 12.0 Å². The average Bonchev–Trinajstić information content (AvgIpc) is 2.68. The number of benzene rings is 1. The highest BCUT2D eigenvalue weighted by Gasteiger charge is 2.22. The molecule has 2 fully saturated rings. The Labute approximate surface area is 149 Å². The van der Waals surface area contributed by atoms with Crippen molar-refractivity contribution in [3.05, 3.63) is 29.8 Å². The molecule has 1 aromatic rings. The largest absolute Gasteiger partial charge is 0.490 e. The molecule has 2 heterocycles. The van der Waals surface area contributed by atoms with Crippen molar-refractivity contribution >= 4 is 5.91 Å². The fraction of sp³-hybridized carbons (Fsp3) is 0.550. The molecule has 2 aliphatic rings. The summed E-state index contributed by atoms with van der Waals surface area (Å²) in [7, 11) is 0. The predicted octanol–water partition coefficient (Wildman–Crippen LogP) is 2.03. The molecule has 0 N–H and O–H groups in total. The van der Waals surface area contributed by atoms with Crippen LogP contribution in [0.3, 0.4) is 0 Å². The third-order valence-corrected chi connectivity index (χ3v) is 4.80. The maximum absolute atomic E-state index is 12.6. The van der Waals surface area contributed by atoms with E-state index >= 15 is 0 Å². The smallest absolute Gasteiger partial charge is 0.253 e. The molecule has 1 aromatic carbocycles. The number of amides is 1. The molecule has 0 spiro atoms. The molecule has 0 aromatic heterocycles. The van der Waals surface area contributed by atoms with Gasteiger partial charge < -0.3 is 14.4 Å². The molecule has 0 unspecified atom stereocenters. The molecule has 1 amide bonds. The van der Waals surface area contributed by atoms with Crippen LogP contribution in [0.4, 0.5) is 0 Å². The maximum atomic E-state index is 12.6. The number of ether oxygens (including phenoxy) is 2. The van der Waals surface area contributed by atoms with Crippen molar-refractivity contribution in [3.8, 4) is 18.1 Å². The fourth-order valence-electron chi connectivity index (χ4n) is 3.24. The highest BCUT2D eigenvalue weighted by Crippen LogP contribution is 2.19. The van der Waals surface area contributed by atoms with Crippen molar-refractivity contribution < 1.29 is 14.3 Å². The van der Waals surface area contributed by atoms with Gasteiger partial charge in [0.05, 0.1) is 13.2 Å². The van der Waals surface area contributed by atoms with E-state index in [1.54, 1.807) is 0 Å². The SMILES string of the molecule is C#CCCN1CCN(C(=O)c2ccc(OC3CCOCC3)cc2)CC1. The van der Waals surface area contributed by atoms with Crippen LogP contribution in [0.2, 0.25) is 0 Å². The second-order valence-corrected chi connectivity index (χ2v) is 6.54. The topological polar surface area (TPSA) is 42.0 Å². The second kappa shape index (κ2) is 8.89. The highest BCUT2D eigenvalue weighted by molar-refractivity contribution is 5.94. The fourth-order valence-corrected chi connectivity index (χ4v) is 3.24. The first-order valence-electron chi connectivity index (χ1n) is 9.06. The van der Waals surface area contributed by atoms with E-state index in [9.17, 15) is 4.79 Å². The molecule has 2 aliphatic heterocycles. The van der Waals surface area contributed by atoms with Crippen LogP contribution >= 0.6 is 0 Å². The highest BCUT2D eigenvalue weighted by atomic mass is 16.5. The second-order valence-electron chi connectivity index (χ2n) is 6.54. The van der Waals surface area contributed by atoms with Crippen LogP contribution in [0.1, 0.15) is 29.6 Å². The Kier molecular flexibility index (Phi) is 6.32. The Bertz CT molecular complexity index is 594. The van der Waals surface area contributed by atoms with Gasteiger partial charge in [-0.3, -0.25) is 9.69 Å². The minimum Gasteiger partial charge on any atom is -0.490 e. The molecule has 0 radical (unpaired) electrons. The van der Waals surface area contributed by atoms with E-state index in [1.807, 2.05) is 29.2 Å². The first kappa shape index (κ1) is 17.8. The van der Waals surface area contributed by atoms with Gasteiger partial charge in [-0.05, 0) is 24.3 Å². The van der Waals surface area contributed by atoms with E-state index in [0.29, 0.717) is 0 Å². The van der Waals surface area contributed by atoms with Gasteiger partial charge in [0, 0.05) is 57.5 Å². The number of hydrogen-bond acceptors (Lipinski definition) is 4. The summed E-state index contributed by atoms with van der Waals surface area (Å²) in [5.74, 6) is 3.58. The summed E-state index contributed by atoms with van der Waals surface area (Å²) in [6.07, 6.45) is 8.13. The number of nitrogens with zero attached hydrogens (tertiary/aromatic N) is 2. The Hall–Kier alpha value is -2.03. The van der Waals surface area contributed by atoms with Gasteiger partial charge in [-0.25, -0.2) is 0 Å². The van der Waals surface area contributed by atoms with Crippen LogP contribution in [-0.2, 0) is 4.74 Å². The molecule has 5 nitrogen and oxygen atoms in total. The van der Waals surface area contributed by atoms with E-state index < -0.39 is 0 Å². The predicted molar refractivity (Wildman–Crippen MR) is 96.7 cm³/mol. The van der Waals surface area contributed by atoms with E-state index in [1.165, 1.54) is 0 Å². The van der Waals surface area contributed by atoms with Crippen LogP contribution in [0, 0.1) is 12.3 Å². The van der Waals surface area contributed by atoms with Crippen LogP contribution in [-0.4, -0.2) is 67.7 Å². The third-order valence-electron chi connectivity index (χ3n) is 4.80. The number of terminal acetylenes is 1. The lowest BCUT2D eigenvalue weighted by Crippen LogP contribution is -2.48. The Morgan fingerprint density at radius 1 is 1.16 bits per heavy atom. The summed E-state index contributed by atoms with van der Waals surface area (Å²) in [6, 6.07) is 7.52. The number of hydrogen-bond donors (Lipinski definition) is 0. The lowest BCUT2D eigenvalue weighted by Gasteiger charge is -2.34. The van der Waals surface area contributed by atoms with Crippen LogP contribution in [0.25, 0.3) is 0 Å². The molecule has 3 rings (SSSR count). The van der Waals surface area contributed by atoms with Crippen molar-refractivity contribution in [2.24, 2.45) is 0 Å². The van der Waals surface area contributed by atoms with Crippen molar-refractivity contribution in [1.29, 1.82) is 0 Å². The van der Waals surface area contributed by atoms with Gasteiger partial charge in [-0.2, -0.15) is 0 Å². The van der Waals surface area contributed by atoms with E-state index in [0.717, 1.165) is 76.5 Å². The molecular formula is C20H26N2O3. The Morgan fingerprint density at radius 3 is 2.48 bits per heavy atom. The lowest BCUT2D eigenvalue weighted by molar-refractivity contribution is 0.0255. The summed E-state index contributed by atoms with van der Waals surface area (Å²) in [6.45, 7) is 5.71. The molecule has 25 heavy (non-hydrogen) atoms. The summed E-state index contributed by atoms with van der Waals surface area (Å²) >= 11 is 0. The molecule has 0 aliphatic carbocycles. The lowest BCUT2D eigenvalue weighted by atomic mass is 10.1. The van der Waals surface area contributed by atoms with E-state index in [4.69, 9.17) is 15.9 Å². The molecule has 0 atom stereocenters. The van der Waals surface area contributed by atoms with Crippen LogP contribution in [0.5, 0.6) is 5.75 Å². The monoisotopic (exact) mass is 342 g/mol. The van der Waals surface area contributed by atoms with Gasteiger partial charge in [0.2, 0.25) is 0 Å². The minimum absolute atomic E-state index is 0.0919. The Morgan fingerprint density at radius 2 is 1.84 bits per heavy atom. The number of carbonyl (C=O) groups excluding carboxylic acids is 1. The molecule has 0 bridgehead atoms. The normalized spacial score (nSPS) is 19.4. The van der Waals surface area contributed by atoms with Gasteiger partial charge in [0.25, 0.3) is 5.91 Å². The van der Waals surface area contributed by atoms with Crippen molar-refractivity contribution in [1.82, 2.24) is 9.80 Å². The zero-order chi connectivity index (χ0) is 17.5. The summed E-state index contributed by atoms with van der Waals surface area (Å²) < 4.78 is 11.3. The zero-order valence-electron chi connectivity index (χ0n) is 14.7. The standard InChI is InChI=1S/C20H26N2O3/c1-2-3-10-21-11-13-22(14-12-21)20(23)17-4-6-18(7-5-17)25-19-8-15-24-16-9-19/h1,4-7,19H,3,8-16H2. The van der Waals surface area contributed by atoms with Gasteiger partial charge in [0.1, 0.15) is 11.9 Å². The van der Waals surface area contributed by atoms with Gasteiger partial charge >= 0.3 is 0 Å². The molecular weight excluding hydrogens is 316 g/mol. The van der Waals surface area contributed by atoms with Crippen molar-refractivity contribution in [2.45, 2.75) is 25.4 Å². The summed E-state index contributed by atoms with van der Waals surface area (Å²) in [5, 5.41) is 0. The third kappa shape index (κ3) is 4.97. The zero-order valence-corrected chi connectivity index (χ0v) is 14.7. The average molecular weight is 342 g/mol. The van der Waals surface area contributed by atoms with Crippen LogP contribution in [0.15, 0.2) is 24.3 Å². The van der Waals surface area contributed by atoms with Crippen LogP contribution < -0.4 is 4.74 Å². The number of rotatable bonds is 5. The molecule has 2 saturated heterocycles. The first-order valence-corrected chi connectivity index (χ1v) is 9.06. The summed E-state index contributed by atoms with van der Waals surface area (Å²) in [5.41, 5.74) is 0.719. The van der Waals surface area contributed by atoms with Gasteiger partial charge in [-0.1, -0.05) is 0 Å². The quantitative estimate of drug-likeness (QED) is 0.768. The minimum atomic E-state index is 0.0919. The first-order chi connectivity index (χ1) is 12.3. The number of carbonyl (C=O) groups is 1. The molecule has 5 heteroatoms. The summed E-state index contributed by atoms with van der Waals surface area (Å²) in [4.78, 5) is 16.9. The van der Waals surface area contributed by atoms with Gasteiger partial charge in [-0.15, -0.1) is 12.3 Å². The van der Waals surface area contributed by atoms with Crippen molar-refractivity contribution in [3.63, 3.8) is 0 Å². The molecule has 134 valence electrons. The van der Waals surface area contributed by atoms with Gasteiger partial charge in [0.15, 0.2) is 0 Å². The molecule has 0 saturated carbocycles.